The van der Waals surface area contributed by atoms with Gasteiger partial charge >= 0.3 is 6.11 Å². The number of rotatable bonds is 9. The van der Waals surface area contributed by atoms with Crippen molar-refractivity contribution in [2.45, 2.75) is 25.9 Å². The van der Waals surface area contributed by atoms with Crippen LogP contribution in [-0.2, 0) is 12.5 Å². The fourth-order valence-electron chi connectivity index (χ4n) is 4.87. The smallest absolute Gasteiger partial charge is 0.429 e. The quantitative estimate of drug-likeness (QED) is 0.115. The lowest BCUT2D eigenvalue weighted by Gasteiger charge is -2.20. The molecule has 0 aliphatic carbocycles. The molecule has 45 heavy (non-hydrogen) atoms. The summed E-state index contributed by atoms with van der Waals surface area (Å²) in [6, 6.07) is 19.2. The van der Waals surface area contributed by atoms with Crippen molar-refractivity contribution in [1.82, 2.24) is 0 Å². The van der Waals surface area contributed by atoms with E-state index >= 15 is 8.78 Å². The zero-order valence-corrected chi connectivity index (χ0v) is 24.4. The summed E-state index contributed by atoms with van der Waals surface area (Å²) in [4.78, 5) is 0. The molecular weight excluding hydrogens is 617 g/mol. The van der Waals surface area contributed by atoms with Gasteiger partial charge in [0.1, 0.15) is 40.4 Å². The second-order valence-corrected chi connectivity index (χ2v) is 10.6. The zero-order valence-electron chi connectivity index (χ0n) is 23.7. The molecule has 0 fully saturated rings. The van der Waals surface area contributed by atoms with Crippen LogP contribution in [0.15, 0.2) is 103 Å². The molecule has 0 amide bonds. The molecule has 0 bridgehead atoms. The van der Waals surface area contributed by atoms with E-state index in [4.69, 9.17) is 11.6 Å². The molecular formula is C36H24ClF7O. The second-order valence-electron chi connectivity index (χ2n) is 10.2. The summed E-state index contributed by atoms with van der Waals surface area (Å²) in [7, 11) is 0. The topological polar surface area (TPSA) is 9.23 Å². The van der Waals surface area contributed by atoms with Crippen molar-refractivity contribution in [3.8, 4) is 39.1 Å². The van der Waals surface area contributed by atoms with Crippen LogP contribution < -0.4 is 4.74 Å². The van der Waals surface area contributed by atoms with Crippen LogP contribution in [0.5, 0.6) is 5.75 Å². The number of alkyl halides is 2. The lowest BCUT2D eigenvalue weighted by atomic mass is 9.96. The Morgan fingerprint density at radius 2 is 1.18 bits per heavy atom. The van der Waals surface area contributed by atoms with Crippen molar-refractivity contribution in [2.75, 3.05) is 0 Å². The average Bonchev–Trinajstić information content (AvgIpc) is 2.98. The van der Waals surface area contributed by atoms with Crippen LogP contribution in [0.25, 0.3) is 33.4 Å². The van der Waals surface area contributed by atoms with Gasteiger partial charge in [0.05, 0.1) is 5.02 Å². The third kappa shape index (κ3) is 7.07. The Bertz CT molecular complexity index is 1860. The molecule has 5 rings (SSSR count). The van der Waals surface area contributed by atoms with E-state index < -0.39 is 46.5 Å². The third-order valence-corrected chi connectivity index (χ3v) is 7.46. The lowest BCUT2D eigenvalue weighted by Crippen LogP contribution is -2.25. The van der Waals surface area contributed by atoms with E-state index in [9.17, 15) is 22.0 Å². The largest absolute Gasteiger partial charge is 0.432 e. The summed E-state index contributed by atoms with van der Waals surface area (Å²) >= 11 is 5.52. The van der Waals surface area contributed by atoms with Gasteiger partial charge in [-0.3, -0.25) is 0 Å². The molecule has 5 aromatic carbocycles. The normalized spacial score (nSPS) is 11.8. The van der Waals surface area contributed by atoms with Crippen molar-refractivity contribution in [3.05, 3.63) is 148 Å². The number of benzene rings is 5. The van der Waals surface area contributed by atoms with E-state index in [-0.39, 0.29) is 27.3 Å². The molecule has 0 saturated heterocycles. The fourth-order valence-corrected chi connectivity index (χ4v) is 4.99. The molecule has 1 nitrogen and oxygen atoms in total. The predicted octanol–water partition coefficient (Wildman–Crippen LogP) is 11.7. The molecule has 0 radical (unpaired) electrons. The molecule has 230 valence electrons. The Hall–Kier alpha value is -4.56. The summed E-state index contributed by atoms with van der Waals surface area (Å²) in [5.74, 6) is -6.81. The van der Waals surface area contributed by atoms with Gasteiger partial charge in [-0.05, 0) is 84.0 Å². The van der Waals surface area contributed by atoms with Crippen molar-refractivity contribution in [3.63, 3.8) is 0 Å². The second kappa shape index (κ2) is 13.2. The van der Waals surface area contributed by atoms with Gasteiger partial charge in [-0.2, -0.15) is 8.78 Å². The minimum atomic E-state index is -4.55. The molecule has 0 unspecified atom stereocenters. The number of ether oxygens (including phenoxy) is 1. The molecule has 0 aliphatic rings. The molecule has 0 heterocycles. The van der Waals surface area contributed by atoms with Gasteiger partial charge in [-0.15, -0.1) is 0 Å². The highest BCUT2D eigenvalue weighted by molar-refractivity contribution is 6.30. The Morgan fingerprint density at radius 1 is 0.622 bits per heavy atom. The van der Waals surface area contributed by atoms with Crippen LogP contribution in [0.3, 0.4) is 0 Å². The molecule has 5 aromatic rings. The first-order valence-corrected chi connectivity index (χ1v) is 14.2. The van der Waals surface area contributed by atoms with E-state index in [1.54, 1.807) is 6.07 Å². The summed E-state index contributed by atoms with van der Waals surface area (Å²) in [6.07, 6.45) is 1.33. The fraction of sp³-hybridized carbons (Fsp3) is 0.111. The van der Waals surface area contributed by atoms with Crippen LogP contribution in [0.4, 0.5) is 30.7 Å². The third-order valence-electron chi connectivity index (χ3n) is 7.15. The minimum Gasteiger partial charge on any atom is -0.429 e. The zero-order chi connectivity index (χ0) is 32.3. The van der Waals surface area contributed by atoms with Gasteiger partial charge in [-0.25, -0.2) is 22.0 Å². The highest BCUT2D eigenvalue weighted by Gasteiger charge is 2.41. The number of hydrogen-bond acceptors (Lipinski definition) is 1. The van der Waals surface area contributed by atoms with Crippen LogP contribution in [0.2, 0.25) is 5.02 Å². The average molecular weight is 641 g/mol. The summed E-state index contributed by atoms with van der Waals surface area (Å²) in [6.45, 7) is 1.96. The molecule has 0 aliphatic heterocycles. The van der Waals surface area contributed by atoms with Gasteiger partial charge in [0.25, 0.3) is 0 Å². The van der Waals surface area contributed by atoms with Gasteiger partial charge in [0.2, 0.25) is 0 Å². The lowest BCUT2D eigenvalue weighted by molar-refractivity contribution is -0.189. The van der Waals surface area contributed by atoms with Crippen molar-refractivity contribution < 1.29 is 35.5 Å². The van der Waals surface area contributed by atoms with Crippen LogP contribution >= 0.6 is 11.6 Å². The Balaban J connectivity index is 1.37. The van der Waals surface area contributed by atoms with E-state index in [1.165, 1.54) is 24.3 Å². The van der Waals surface area contributed by atoms with E-state index in [0.29, 0.717) is 23.8 Å². The van der Waals surface area contributed by atoms with E-state index in [0.717, 1.165) is 42.2 Å². The molecule has 0 spiro atoms. The van der Waals surface area contributed by atoms with Gasteiger partial charge < -0.3 is 4.74 Å². The van der Waals surface area contributed by atoms with Crippen LogP contribution in [-0.4, -0.2) is 0 Å². The monoisotopic (exact) mass is 640 g/mol. The van der Waals surface area contributed by atoms with Gasteiger partial charge in [0, 0.05) is 17.2 Å². The van der Waals surface area contributed by atoms with Crippen molar-refractivity contribution >= 4 is 11.6 Å². The molecule has 0 N–H and O–H groups in total. The highest BCUT2D eigenvalue weighted by atomic mass is 35.5. The van der Waals surface area contributed by atoms with Crippen LogP contribution in [0, 0.1) is 29.1 Å². The van der Waals surface area contributed by atoms with Crippen molar-refractivity contribution in [1.29, 1.82) is 0 Å². The van der Waals surface area contributed by atoms with Crippen molar-refractivity contribution in [2.24, 2.45) is 0 Å². The summed E-state index contributed by atoms with van der Waals surface area (Å²) in [5.41, 5.74) is 0.402. The standard InChI is InChI=1S/C36H24ClF7O/c1-2-3-4-5-21-6-8-22(9-7-21)23-10-13-27(30(38)16-23)24-11-14-28(31(39)17-24)25-18-33(41)35(34(42)19-25)36(43,44)45-26-12-15-29(37)32(40)20-26/h2-3,6-20H,4-5H2,1H3. The number of aryl methyl sites for hydroxylation is 1. The maximum Gasteiger partial charge on any atom is 0.432 e. The van der Waals surface area contributed by atoms with E-state index in [2.05, 4.69) is 10.8 Å². The first kappa shape index (κ1) is 31.9. The first-order chi connectivity index (χ1) is 21.5. The number of hydrogen-bond donors (Lipinski definition) is 0. The Morgan fingerprint density at radius 3 is 1.78 bits per heavy atom. The molecule has 0 saturated carbocycles. The molecule has 9 heteroatoms. The first-order valence-electron chi connectivity index (χ1n) is 13.8. The summed E-state index contributed by atoms with van der Waals surface area (Å²) in [5, 5.41) is -0.364. The van der Waals surface area contributed by atoms with E-state index in [1.807, 2.05) is 37.3 Å². The number of halogens is 8. The van der Waals surface area contributed by atoms with Crippen LogP contribution in [0.1, 0.15) is 24.5 Å². The highest BCUT2D eigenvalue weighted by Crippen LogP contribution is 2.39. The predicted molar refractivity (Wildman–Crippen MR) is 162 cm³/mol. The maximum atomic E-state index is 15.2. The Labute approximate surface area is 260 Å². The number of allylic oxidation sites excluding steroid dienone is 2. The molecule has 0 aromatic heterocycles. The minimum absolute atomic E-state index is 0.0929. The van der Waals surface area contributed by atoms with Gasteiger partial charge in [0.15, 0.2) is 0 Å². The Kier molecular flexibility index (Phi) is 9.34. The van der Waals surface area contributed by atoms with Gasteiger partial charge in [-0.1, -0.05) is 72.3 Å². The maximum absolute atomic E-state index is 15.2. The molecule has 0 atom stereocenters. The SMILES string of the molecule is CC=CCCc1ccc(-c2ccc(-c3ccc(-c4cc(F)c(C(F)(F)Oc5ccc(Cl)c(F)c5)c(F)c4)c(F)c3)c(F)c2)cc1. The summed E-state index contributed by atoms with van der Waals surface area (Å²) < 4.78 is 108.